The summed E-state index contributed by atoms with van der Waals surface area (Å²) in [6.07, 6.45) is 0. The average molecular weight is 265 g/mol. The molecule has 1 saturated heterocycles. The van der Waals surface area contributed by atoms with Gasteiger partial charge in [0.2, 0.25) is 5.91 Å². The fourth-order valence-corrected chi connectivity index (χ4v) is 2.14. The van der Waals surface area contributed by atoms with Crippen LogP contribution in [0.5, 0.6) is 0 Å². The van der Waals surface area contributed by atoms with E-state index in [1.807, 2.05) is 14.0 Å². The van der Waals surface area contributed by atoms with Gasteiger partial charge in [-0.1, -0.05) is 0 Å². The Labute approximate surface area is 113 Å². The molecule has 1 fully saturated rings. The summed E-state index contributed by atoms with van der Waals surface area (Å²) < 4.78 is 12.9. The third-order valence-corrected chi connectivity index (χ3v) is 3.52. The third-order valence-electron chi connectivity index (χ3n) is 3.52. The van der Waals surface area contributed by atoms with Crippen LogP contribution in [0, 0.1) is 5.82 Å². The number of nitrogens with one attached hydrogen (secondary N) is 1. The van der Waals surface area contributed by atoms with Crippen LogP contribution in [-0.4, -0.2) is 50.1 Å². The molecule has 0 saturated carbocycles. The van der Waals surface area contributed by atoms with Crippen LogP contribution in [0.25, 0.3) is 0 Å². The molecular formula is C14H20FN3O. The Balaban J connectivity index is 1.99. The third kappa shape index (κ3) is 3.30. The molecular weight excluding hydrogens is 245 g/mol. The van der Waals surface area contributed by atoms with Gasteiger partial charge in [-0.15, -0.1) is 0 Å². The Kier molecular flexibility index (Phi) is 4.50. The lowest BCUT2D eigenvalue weighted by molar-refractivity contribution is -0.120. The van der Waals surface area contributed by atoms with Crippen molar-refractivity contribution in [3.8, 4) is 0 Å². The molecule has 1 amide bonds. The van der Waals surface area contributed by atoms with Crippen molar-refractivity contribution in [1.29, 1.82) is 0 Å². The van der Waals surface area contributed by atoms with Crippen LogP contribution < -0.4 is 10.2 Å². The lowest BCUT2D eigenvalue weighted by atomic mass is 10.1. The molecule has 19 heavy (non-hydrogen) atoms. The number of halogens is 1. The van der Waals surface area contributed by atoms with E-state index in [-0.39, 0.29) is 11.7 Å². The minimum absolute atomic E-state index is 0.0449. The standard InChI is InChI=1S/C14H20FN3O/c1-3-18(12-6-4-11(15)5-7-12)14(19)10-17(2)13-8-16-9-13/h4-7,13,16H,3,8-10H2,1-2H3. The molecule has 2 rings (SSSR count). The molecule has 0 aliphatic carbocycles. The van der Waals surface area contributed by atoms with E-state index in [1.54, 1.807) is 17.0 Å². The number of hydrogen-bond donors (Lipinski definition) is 1. The second-order valence-electron chi connectivity index (χ2n) is 4.84. The second kappa shape index (κ2) is 6.12. The number of benzene rings is 1. The molecule has 0 unspecified atom stereocenters. The van der Waals surface area contributed by atoms with E-state index in [1.165, 1.54) is 12.1 Å². The van der Waals surface area contributed by atoms with Crippen LogP contribution in [0.1, 0.15) is 6.92 Å². The van der Waals surface area contributed by atoms with Crippen molar-refractivity contribution in [1.82, 2.24) is 10.2 Å². The van der Waals surface area contributed by atoms with Gasteiger partial charge in [0, 0.05) is 31.4 Å². The van der Waals surface area contributed by atoms with Crippen molar-refractivity contribution in [3.63, 3.8) is 0 Å². The quantitative estimate of drug-likeness (QED) is 0.865. The molecule has 0 radical (unpaired) electrons. The van der Waals surface area contributed by atoms with Gasteiger partial charge in [0.1, 0.15) is 5.82 Å². The van der Waals surface area contributed by atoms with Crippen LogP contribution in [0.2, 0.25) is 0 Å². The van der Waals surface area contributed by atoms with Crippen molar-refractivity contribution in [3.05, 3.63) is 30.1 Å². The predicted octanol–water partition coefficient (Wildman–Crippen LogP) is 1.08. The fraction of sp³-hybridized carbons (Fsp3) is 0.500. The first-order chi connectivity index (χ1) is 9.11. The average Bonchev–Trinajstić information content (AvgIpc) is 2.30. The molecule has 0 aromatic heterocycles. The Bertz CT molecular complexity index is 431. The number of hydrogen-bond acceptors (Lipinski definition) is 3. The van der Waals surface area contributed by atoms with Crippen molar-refractivity contribution in [2.24, 2.45) is 0 Å². The van der Waals surface area contributed by atoms with E-state index >= 15 is 0 Å². The summed E-state index contributed by atoms with van der Waals surface area (Å²) in [5, 5.41) is 3.19. The number of likely N-dealkylation sites (N-methyl/N-ethyl adjacent to an activating group) is 2. The van der Waals surface area contributed by atoms with Gasteiger partial charge in [-0.25, -0.2) is 4.39 Å². The summed E-state index contributed by atoms with van der Waals surface area (Å²) in [5.41, 5.74) is 0.744. The smallest absolute Gasteiger partial charge is 0.241 e. The van der Waals surface area contributed by atoms with Crippen molar-refractivity contribution >= 4 is 11.6 Å². The maximum absolute atomic E-state index is 12.9. The summed E-state index contributed by atoms with van der Waals surface area (Å²) in [4.78, 5) is 16.0. The first-order valence-electron chi connectivity index (χ1n) is 6.58. The molecule has 1 aromatic carbocycles. The highest BCUT2D eigenvalue weighted by molar-refractivity contribution is 5.94. The maximum Gasteiger partial charge on any atom is 0.241 e. The Morgan fingerprint density at radius 2 is 2.00 bits per heavy atom. The van der Waals surface area contributed by atoms with Gasteiger partial charge >= 0.3 is 0 Å². The summed E-state index contributed by atoms with van der Waals surface area (Å²) >= 11 is 0. The Morgan fingerprint density at radius 1 is 1.37 bits per heavy atom. The Hall–Kier alpha value is -1.46. The molecule has 0 bridgehead atoms. The topological polar surface area (TPSA) is 35.6 Å². The van der Waals surface area contributed by atoms with E-state index in [9.17, 15) is 9.18 Å². The van der Waals surface area contributed by atoms with Gasteiger partial charge in [-0.05, 0) is 38.2 Å². The molecule has 0 spiro atoms. The van der Waals surface area contributed by atoms with E-state index in [2.05, 4.69) is 10.2 Å². The summed E-state index contributed by atoms with van der Waals surface area (Å²) in [6, 6.07) is 6.48. The van der Waals surface area contributed by atoms with E-state index < -0.39 is 0 Å². The highest BCUT2D eigenvalue weighted by atomic mass is 19.1. The number of anilines is 1. The number of nitrogens with zero attached hydrogens (tertiary/aromatic N) is 2. The van der Waals surface area contributed by atoms with E-state index in [0.29, 0.717) is 19.1 Å². The van der Waals surface area contributed by atoms with Crippen molar-refractivity contribution < 1.29 is 9.18 Å². The number of amides is 1. The van der Waals surface area contributed by atoms with Crippen LogP contribution in [0.4, 0.5) is 10.1 Å². The van der Waals surface area contributed by atoms with E-state index in [0.717, 1.165) is 18.8 Å². The lowest BCUT2D eigenvalue weighted by Crippen LogP contribution is -2.57. The first kappa shape index (κ1) is 14.0. The molecule has 0 atom stereocenters. The summed E-state index contributed by atoms with van der Waals surface area (Å²) in [5.74, 6) is -0.242. The van der Waals surface area contributed by atoms with Gasteiger partial charge in [-0.2, -0.15) is 0 Å². The highest BCUT2D eigenvalue weighted by Crippen LogP contribution is 2.15. The van der Waals surface area contributed by atoms with Gasteiger partial charge in [0.25, 0.3) is 0 Å². The lowest BCUT2D eigenvalue weighted by Gasteiger charge is -2.36. The molecule has 1 heterocycles. The number of carbonyl (C=O) groups excluding carboxylic acids is 1. The normalized spacial score (nSPS) is 15.4. The van der Waals surface area contributed by atoms with Gasteiger partial charge in [-0.3, -0.25) is 9.69 Å². The zero-order valence-corrected chi connectivity index (χ0v) is 11.4. The largest absolute Gasteiger partial charge is 0.314 e. The molecule has 4 nitrogen and oxygen atoms in total. The molecule has 104 valence electrons. The zero-order valence-electron chi connectivity index (χ0n) is 11.4. The maximum atomic E-state index is 12.9. The van der Waals surface area contributed by atoms with Gasteiger partial charge in [0.05, 0.1) is 6.54 Å². The Morgan fingerprint density at radius 3 is 2.47 bits per heavy atom. The van der Waals surface area contributed by atoms with Crippen LogP contribution in [-0.2, 0) is 4.79 Å². The highest BCUT2D eigenvalue weighted by Gasteiger charge is 2.24. The van der Waals surface area contributed by atoms with Crippen LogP contribution >= 0.6 is 0 Å². The molecule has 1 N–H and O–H groups in total. The van der Waals surface area contributed by atoms with Gasteiger partial charge < -0.3 is 10.2 Å². The monoisotopic (exact) mass is 265 g/mol. The number of rotatable bonds is 5. The van der Waals surface area contributed by atoms with Crippen LogP contribution in [0.3, 0.4) is 0 Å². The van der Waals surface area contributed by atoms with Crippen molar-refractivity contribution in [2.75, 3.05) is 38.1 Å². The van der Waals surface area contributed by atoms with Crippen molar-refractivity contribution in [2.45, 2.75) is 13.0 Å². The number of carbonyl (C=O) groups is 1. The van der Waals surface area contributed by atoms with E-state index in [4.69, 9.17) is 0 Å². The summed E-state index contributed by atoms with van der Waals surface area (Å²) in [7, 11) is 1.96. The molecule has 1 aliphatic heterocycles. The summed E-state index contributed by atoms with van der Waals surface area (Å²) in [6.45, 7) is 4.77. The minimum atomic E-state index is -0.287. The van der Waals surface area contributed by atoms with Gasteiger partial charge in [0.15, 0.2) is 0 Å². The zero-order chi connectivity index (χ0) is 13.8. The second-order valence-corrected chi connectivity index (χ2v) is 4.84. The van der Waals surface area contributed by atoms with Crippen LogP contribution in [0.15, 0.2) is 24.3 Å². The SMILES string of the molecule is CCN(C(=O)CN(C)C1CNC1)c1ccc(F)cc1. The minimum Gasteiger partial charge on any atom is -0.314 e. The fourth-order valence-electron chi connectivity index (χ4n) is 2.14. The predicted molar refractivity (Wildman–Crippen MR) is 73.7 cm³/mol. The molecule has 1 aliphatic rings. The molecule has 1 aromatic rings. The molecule has 5 heteroatoms. The first-order valence-corrected chi connectivity index (χ1v) is 6.58.